The van der Waals surface area contributed by atoms with E-state index in [1.807, 2.05) is 6.07 Å². The highest BCUT2D eigenvalue weighted by atomic mass is 35.5. The molecular weight excluding hydrogens is 293 g/mol. The summed E-state index contributed by atoms with van der Waals surface area (Å²) in [5, 5.41) is 2.72. The second-order valence-corrected chi connectivity index (χ2v) is 5.40. The van der Waals surface area contributed by atoms with Crippen molar-refractivity contribution < 1.29 is 9.18 Å². The summed E-state index contributed by atoms with van der Waals surface area (Å²) in [4.78, 5) is 20.3. The van der Waals surface area contributed by atoms with Gasteiger partial charge in [-0.25, -0.2) is 14.4 Å². The summed E-state index contributed by atoms with van der Waals surface area (Å²) < 4.78 is 13.6. The van der Waals surface area contributed by atoms with Crippen LogP contribution in [0, 0.1) is 5.82 Å². The van der Waals surface area contributed by atoms with Crippen LogP contribution in [0.4, 0.5) is 4.39 Å². The van der Waals surface area contributed by atoms with Crippen molar-refractivity contribution in [3.05, 3.63) is 58.4 Å². The van der Waals surface area contributed by atoms with Gasteiger partial charge in [-0.1, -0.05) is 17.7 Å². The van der Waals surface area contributed by atoms with E-state index in [-0.39, 0.29) is 17.1 Å². The average molecular weight is 306 g/mol. The van der Waals surface area contributed by atoms with Crippen molar-refractivity contribution in [1.82, 2.24) is 15.3 Å². The van der Waals surface area contributed by atoms with Crippen LogP contribution >= 0.6 is 11.6 Å². The molecule has 1 aromatic carbocycles. The number of halogens is 2. The summed E-state index contributed by atoms with van der Waals surface area (Å²) in [5.41, 5.74) is 1.56. The van der Waals surface area contributed by atoms with Crippen LogP contribution in [0.15, 0.2) is 30.6 Å². The lowest BCUT2D eigenvalue weighted by Crippen LogP contribution is -2.24. The highest BCUT2D eigenvalue weighted by Crippen LogP contribution is 2.38. The fourth-order valence-corrected chi connectivity index (χ4v) is 2.34. The highest BCUT2D eigenvalue weighted by molar-refractivity contribution is 6.33. The molecule has 1 aromatic heterocycles. The third kappa shape index (κ3) is 3.19. The third-order valence-corrected chi connectivity index (χ3v) is 3.68. The second kappa shape index (κ2) is 5.77. The van der Waals surface area contributed by atoms with E-state index in [1.165, 1.54) is 24.5 Å². The minimum absolute atomic E-state index is 0.0915. The Hall–Kier alpha value is -2.01. The SMILES string of the molecule is O=C(NCc1cc(C2CC2)ncn1)c1c(F)cccc1Cl. The first-order valence-electron chi connectivity index (χ1n) is 6.68. The van der Waals surface area contributed by atoms with E-state index in [2.05, 4.69) is 15.3 Å². The fraction of sp³-hybridized carbons (Fsp3) is 0.267. The molecule has 6 heteroatoms. The minimum Gasteiger partial charge on any atom is -0.346 e. The smallest absolute Gasteiger partial charge is 0.256 e. The Kier molecular flexibility index (Phi) is 3.84. The van der Waals surface area contributed by atoms with Crippen molar-refractivity contribution in [3.63, 3.8) is 0 Å². The van der Waals surface area contributed by atoms with Crippen molar-refractivity contribution >= 4 is 17.5 Å². The van der Waals surface area contributed by atoms with Crippen LogP contribution in [0.2, 0.25) is 5.02 Å². The topological polar surface area (TPSA) is 54.9 Å². The molecule has 4 nitrogen and oxygen atoms in total. The molecule has 0 spiro atoms. The highest BCUT2D eigenvalue weighted by Gasteiger charge is 2.25. The molecule has 1 N–H and O–H groups in total. The molecule has 21 heavy (non-hydrogen) atoms. The lowest BCUT2D eigenvalue weighted by Gasteiger charge is -2.08. The number of nitrogens with one attached hydrogen (secondary N) is 1. The number of hydrogen-bond acceptors (Lipinski definition) is 3. The van der Waals surface area contributed by atoms with Gasteiger partial charge in [0.05, 0.1) is 22.8 Å². The molecule has 1 heterocycles. The molecule has 0 radical (unpaired) electrons. The number of carbonyl (C=O) groups is 1. The van der Waals surface area contributed by atoms with E-state index in [0.717, 1.165) is 18.5 Å². The summed E-state index contributed by atoms with van der Waals surface area (Å²) in [7, 11) is 0. The van der Waals surface area contributed by atoms with Crippen LogP contribution in [0.25, 0.3) is 0 Å². The summed E-state index contributed by atoms with van der Waals surface area (Å²) in [6.07, 6.45) is 3.78. The van der Waals surface area contributed by atoms with Crippen LogP contribution in [0.5, 0.6) is 0 Å². The van der Waals surface area contributed by atoms with Crippen LogP contribution in [0.1, 0.15) is 40.5 Å². The molecule has 1 fully saturated rings. The van der Waals surface area contributed by atoms with Gasteiger partial charge >= 0.3 is 0 Å². The van der Waals surface area contributed by atoms with E-state index in [4.69, 9.17) is 11.6 Å². The summed E-state index contributed by atoms with van der Waals surface area (Å²) in [6.45, 7) is 0.214. The van der Waals surface area contributed by atoms with Crippen molar-refractivity contribution in [3.8, 4) is 0 Å². The van der Waals surface area contributed by atoms with Crippen LogP contribution in [0.3, 0.4) is 0 Å². The first kappa shape index (κ1) is 13.9. The van der Waals surface area contributed by atoms with E-state index in [1.54, 1.807) is 0 Å². The zero-order valence-corrected chi connectivity index (χ0v) is 11.9. The summed E-state index contributed by atoms with van der Waals surface area (Å²) >= 11 is 5.85. The molecule has 1 aliphatic rings. The van der Waals surface area contributed by atoms with Gasteiger partial charge in [-0.05, 0) is 31.0 Å². The van der Waals surface area contributed by atoms with Gasteiger partial charge in [0, 0.05) is 11.6 Å². The zero-order valence-electron chi connectivity index (χ0n) is 11.1. The molecule has 3 rings (SSSR count). The normalized spacial score (nSPS) is 14.0. The Bertz CT molecular complexity index is 668. The molecule has 1 aliphatic carbocycles. The predicted octanol–water partition coefficient (Wildman–Crippen LogP) is 3.08. The minimum atomic E-state index is -0.638. The monoisotopic (exact) mass is 305 g/mol. The van der Waals surface area contributed by atoms with Gasteiger partial charge in [0.1, 0.15) is 12.1 Å². The van der Waals surface area contributed by atoms with Crippen LogP contribution < -0.4 is 5.32 Å². The van der Waals surface area contributed by atoms with Crippen molar-refractivity contribution in [2.75, 3.05) is 0 Å². The van der Waals surface area contributed by atoms with Gasteiger partial charge in [-0.2, -0.15) is 0 Å². The van der Waals surface area contributed by atoms with E-state index in [9.17, 15) is 9.18 Å². The Morgan fingerprint density at radius 3 is 2.90 bits per heavy atom. The molecule has 1 saturated carbocycles. The first-order chi connectivity index (χ1) is 10.1. The number of hydrogen-bond donors (Lipinski definition) is 1. The van der Waals surface area contributed by atoms with Crippen molar-refractivity contribution in [2.24, 2.45) is 0 Å². The number of rotatable bonds is 4. The Morgan fingerprint density at radius 2 is 2.19 bits per heavy atom. The number of benzene rings is 1. The molecule has 0 atom stereocenters. The van der Waals surface area contributed by atoms with Gasteiger partial charge in [0.15, 0.2) is 0 Å². The fourth-order valence-electron chi connectivity index (χ4n) is 2.09. The number of carbonyl (C=O) groups excluding carboxylic acids is 1. The number of aromatic nitrogens is 2. The second-order valence-electron chi connectivity index (χ2n) is 4.99. The van der Waals surface area contributed by atoms with Gasteiger partial charge in [-0.15, -0.1) is 0 Å². The molecule has 0 unspecified atom stereocenters. The van der Waals surface area contributed by atoms with Gasteiger partial charge in [0.25, 0.3) is 5.91 Å². The molecule has 0 saturated heterocycles. The maximum atomic E-state index is 13.6. The largest absolute Gasteiger partial charge is 0.346 e. The molecule has 2 aromatic rings. The standard InChI is InChI=1S/C15H13ClFN3O/c16-11-2-1-3-12(17)14(11)15(21)18-7-10-6-13(9-4-5-9)20-8-19-10/h1-3,6,8-9H,4-5,7H2,(H,18,21). The van der Waals surface area contributed by atoms with Crippen molar-refractivity contribution in [1.29, 1.82) is 0 Å². The Balaban J connectivity index is 1.69. The summed E-state index contributed by atoms with van der Waals surface area (Å²) in [5.74, 6) is -0.672. The predicted molar refractivity (Wildman–Crippen MR) is 76.6 cm³/mol. The molecule has 1 amide bonds. The molecular formula is C15H13ClFN3O. The molecule has 108 valence electrons. The van der Waals surface area contributed by atoms with E-state index < -0.39 is 11.7 Å². The van der Waals surface area contributed by atoms with Crippen LogP contribution in [-0.2, 0) is 6.54 Å². The number of nitrogens with zero attached hydrogens (tertiary/aromatic N) is 2. The Morgan fingerprint density at radius 1 is 1.38 bits per heavy atom. The molecule has 0 bridgehead atoms. The third-order valence-electron chi connectivity index (χ3n) is 3.36. The van der Waals surface area contributed by atoms with E-state index >= 15 is 0 Å². The zero-order chi connectivity index (χ0) is 14.8. The number of amides is 1. The average Bonchev–Trinajstić information content (AvgIpc) is 3.30. The maximum Gasteiger partial charge on any atom is 0.256 e. The molecule has 0 aliphatic heterocycles. The first-order valence-corrected chi connectivity index (χ1v) is 7.06. The lowest BCUT2D eigenvalue weighted by atomic mass is 10.2. The quantitative estimate of drug-likeness (QED) is 0.944. The van der Waals surface area contributed by atoms with Gasteiger partial charge in [0.2, 0.25) is 0 Å². The van der Waals surface area contributed by atoms with Crippen molar-refractivity contribution in [2.45, 2.75) is 25.3 Å². The lowest BCUT2D eigenvalue weighted by molar-refractivity contribution is 0.0946. The summed E-state index contributed by atoms with van der Waals surface area (Å²) in [6, 6.07) is 6.02. The van der Waals surface area contributed by atoms with Gasteiger partial charge in [-0.3, -0.25) is 4.79 Å². The Labute approximate surface area is 126 Å². The van der Waals surface area contributed by atoms with E-state index in [0.29, 0.717) is 11.6 Å². The van der Waals surface area contributed by atoms with Gasteiger partial charge < -0.3 is 5.32 Å². The van der Waals surface area contributed by atoms with Crippen LogP contribution in [-0.4, -0.2) is 15.9 Å². The maximum absolute atomic E-state index is 13.6.